The van der Waals surface area contributed by atoms with E-state index in [9.17, 15) is 13.5 Å². The summed E-state index contributed by atoms with van der Waals surface area (Å²) in [5.74, 6) is -0.277. The van der Waals surface area contributed by atoms with Crippen LogP contribution >= 0.6 is 0 Å². The van der Waals surface area contributed by atoms with Crippen molar-refractivity contribution in [1.82, 2.24) is 0 Å². The summed E-state index contributed by atoms with van der Waals surface area (Å²) < 4.78 is 24.8. The molecule has 1 atom stereocenters. The average molecular weight is 298 g/mol. The Labute approximate surface area is 123 Å². The second-order valence-electron chi connectivity index (χ2n) is 5.60. The van der Waals surface area contributed by atoms with Crippen LogP contribution in [-0.2, 0) is 9.84 Å². The zero-order valence-electron chi connectivity index (χ0n) is 12.7. The molecule has 0 saturated carbocycles. The summed E-state index contributed by atoms with van der Waals surface area (Å²) in [7, 11) is -3.34. The Morgan fingerprint density at radius 2 is 1.60 bits per heavy atom. The van der Waals surface area contributed by atoms with E-state index in [0.717, 1.165) is 12.8 Å². The van der Waals surface area contributed by atoms with Crippen LogP contribution in [0.15, 0.2) is 35.2 Å². The fraction of sp³-hybridized carbons (Fsp3) is 0.625. The largest absolute Gasteiger partial charge is 0.390 e. The molecule has 1 aromatic carbocycles. The minimum absolute atomic E-state index is 0.00644. The zero-order valence-corrected chi connectivity index (χ0v) is 13.5. The van der Waals surface area contributed by atoms with Crippen LogP contribution in [0.4, 0.5) is 0 Å². The molecule has 0 aliphatic rings. The first-order chi connectivity index (χ1) is 9.35. The summed E-state index contributed by atoms with van der Waals surface area (Å²) in [6, 6.07) is 8.47. The van der Waals surface area contributed by atoms with E-state index in [1.165, 1.54) is 0 Å². The van der Waals surface area contributed by atoms with Gasteiger partial charge in [0.15, 0.2) is 9.84 Å². The molecule has 0 amide bonds. The molecule has 0 aromatic heterocycles. The van der Waals surface area contributed by atoms with Gasteiger partial charge in [-0.2, -0.15) is 0 Å². The van der Waals surface area contributed by atoms with Gasteiger partial charge in [0.2, 0.25) is 0 Å². The van der Waals surface area contributed by atoms with Crippen LogP contribution in [0.2, 0.25) is 0 Å². The first-order valence-electron chi connectivity index (χ1n) is 7.36. The van der Waals surface area contributed by atoms with Crippen molar-refractivity contribution in [2.24, 2.45) is 5.92 Å². The monoisotopic (exact) mass is 298 g/mol. The molecule has 1 aromatic rings. The molecular formula is C16H26O3S. The lowest BCUT2D eigenvalue weighted by Crippen LogP contribution is -2.40. The van der Waals surface area contributed by atoms with Crippen LogP contribution in [0, 0.1) is 5.92 Å². The van der Waals surface area contributed by atoms with Gasteiger partial charge in [-0.1, -0.05) is 51.8 Å². The lowest BCUT2D eigenvalue weighted by Gasteiger charge is -2.34. The third-order valence-electron chi connectivity index (χ3n) is 3.85. The van der Waals surface area contributed by atoms with Gasteiger partial charge in [-0.15, -0.1) is 0 Å². The van der Waals surface area contributed by atoms with E-state index in [1.54, 1.807) is 30.3 Å². The number of aliphatic hydroxyl groups is 1. The summed E-state index contributed by atoms with van der Waals surface area (Å²) in [6.45, 7) is 5.86. The van der Waals surface area contributed by atoms with E-state index in [-0.39, 0.29) is 11.7 Å². The fourth-order valence-electron chi connectivity index (χ4n) is 2.69. The summed E-state index contributed by atoms with van der Waals surface area (Å²) in [4.78, 5) is 0.335. The number of benzene rings is 1. The molecule has 1 rings (SSSR count). The lowest BCUT2D eigenvalue weighted by molar-refractivity contribution is -0.0207. The van der Waals surface area contributed by atoms with Gasteiger partial charge >= 0.3 is 0 Å². The second-order valence-corrected chi connectivity index (χ2v) is 7.63. The maximum atomic E-state index is 12.4. The van der Waals surface area contributed by atoms with Crippen molar-refractivity contribution in [1.29, 1.82) is 0 Å². The predicted octanol–water partition coefficient (Wildman–Crippen LogP) is 3.43. The minimum Gasteiger partial charge on any atom is -0.390 e. The highest BCUT2D eigenvalue weighted by atomic mass is 32.2. The molecule has 114 valence electrons. The van der Waals surface area contributed by atoms with Crippen molar-refractivity contribution >= 4 is 9.84 Å². The Morgan fingerprint density at radius 1 is 1.10 bits per heavy atom. The van der Waals surface area contributed by atoms with Gasteiger partial charge in [0, 0.05) is 0 Å². The predicted molar refractivity (Wildman–Crippen MR) is 82.4 cm³/mol. The molecule has 4 heteroatoms. The summed E-state index contributed by atoms with van der Waals surface area (Å²) >= 11 is 0. The van der Waals surface area contributed by atoms with Crippen molar-refractivity contribution in [2.45, 2.75) is 57.0 Å². The third-order valence-corrected chi connectivity index (χ3v) is 5.78. The van der Waals surface area contributed by atoms with Gasteiger partial charge in [0.25, 0.3) is 0 Å². The van der Waals surface area contributed by atoms with Crippen LogP contribution in [0.5, 0.6) is 0 Å². The molecule has 1 N–H and O–H groups in total. The molecular weight excluding hydrogens is 272 g/mol. The molecule has 0 heterocycles. The maximum Gasteiger partial charge on any atom is 0.178 e. The summed E-state index contributed by atoms with van der Waals surface area (Å²) in [6.07, 6.45) is 3.00. The Morgan fingerprint density at radius 3 is 2.05 bits per heavy atom. The van der Waals surface area contributed by atoms with Crippen molar-refractivity contribution in [3.63, 3.8) is 0 Å². The topological polar surface area (TPSA) is 54.4 Å². The quantitative estimate of drug-likeness (QED) is 0.800. The average Bonchev–Trinajstić information content (AvgIpc) is 2.40. The van der Waals surface area contributed by atoms with E-state index in [4.69, 9.17) is 0 Å². The van der Waals surface area contributed by atoms with Gasteiger partial charge in [-0.05, 0) is 30.9 Å². The Bertz CT molecular complexity index is 488. The highest BCUT2D eigenvalue weighted by Gasteiger charge is 2.35. The highest BCUT2D eigenvalue weighted by molar-refractivity contribution is 7.91. The zero-order chi connectivity index (χ0) is 15.2. The molecule has 0 unspecified atom stereocenters. The number of hydrogen-bond acceptors (Lipinski definition) is 3. The van der Waals surface area contributed by atoms with Crippen molar-refractivity contribution in [2.75, 3.05) is 5.75 Å². The Kier molecular flexibility index (Phi) is 6.21. The molecule has 0 aliphatic heterocycles. The normalized spacial score (nSPS) is 14.2. The molecule has 20 heavy (non-hydrogen) atoms. The van der Waals surface area contributed by atoms with Crippen LogP contribution in [0.25, 0.3) is 0 Å². The lowest BCUT2D eigenvalue weighted by atomic mass is 9.82. The standard InChI is InChI=1S/C16H26O3S/c1-4-11-16(17,12-5-2)14(3)13-20(18,19)15-9-7-6-8-10-15/h6-10,14,17H,4-5,11-13H2,1-3H3/t14-/m0/s1. The van der Waals surface area contributed by atoms with Crippen LogP contribution in [-0.4, -0.2) is 24.9 Å². The van der Waals surface area contributed by atoms with Crippen LogP contribution in [0.3, 0.4) is 0 Å². The fourth-order valence-corrected chi connectivity index (χ4v) is 4.42. The van der Waals surface area contributed by atoms with E-state index in [0.29, 0.717) is 17.7 Å². The van der Waals surface area contributed by atoms with E-state index in [2.05, 4.69) is 0 Å². The van der Waals surface area contributed by atoms with Gasteiger partial charge in [0.1, 0.15) is 0 Å². The number of rotatable bonds is 8. The third kappa shape index (κ3) is 4.32. The van der Waals surface area contributed by atoms with E-state index in [1.807, 2.05) is 20.8 Å². The Hall–Kier alpha value is -0.870. The van der Waals surface area contributed by atoms with Gasteiger partial charge in [-0.25, -0.2) is 8.42 Å². The van der Waals surface area contributed by atoms with Crippen molar-refractivity contribution in [3.05, 3.63) is 30.3 Å². The molecule has 0 fully saturated rings. The van der Waals surface area contributed by atoms with E-state index >= 15 is 0 Å². The van der Waals surface area contributed by atoms with E-state index < -0.39 is 15.4 Å². The number of hydrogen-bond donors (Lipinski definition) is 1. The smallest absolute Gasteiger partial charge is 0.178 e. The number of sulfone groups is 1. The first kappa shape index (κ1) is 17.2. The molecule has 3 nitrogen and oxygen atoms in total. The molecule has 0 saturated heterocycles. The van der Waals surface area contributed by atoms with Gasteiger partial charge in [-0.3, -0.25) is 0 Å². The minimum atomic E-state index is -3.34. The molecule has 0 radical (unpaired) electrons. The molecule has 0 spiro atoms. The maximum absolute atomic E-state index is 12.4. The summed E-state index contributed by atoms with van der Waals surface area (Å²) in [5.41, 5.74) is -0.884. The SMILES string of the molecule is CCCC(O)(CCC)[C@@H](C)CS(=O)(=O)c1ccccc1. The Balaban J connectivity index is 2.90. The highest BCUT2D eigenvalue weighted by Crippen LogP contribution is 2.30. The second kappa shape index (κ2) is 7.23. The first-order valence-corrected chi connectivity index (χ1v) is 9.01. The summed E-state index contributed by atoms with van der Waals surface area (Å²) in [5, 5.41) is 10.7. The van der Waals surface area contributed by atoms with Crippen LogP contribution in [0.1, 0.15) is 46.5 Å². The van der Waals surface area contributed by atoms with Gasteiger partial charge in [0.05, 0.1) is 16.2 Å². The molecule has 0 bridgehead atoms. The molecule has 0 aliphatic carbocycles. The van der Waals surface area contributed by atoms with Crippen molar-refractivity contribution in [3.8, 4) is 0 Å². The van der Waals surface area contributed by atoms with Crippen LogP contribution < -0.4 is 0 Å². The van der Waals surface area contributed by atoms with Gasteiger partial charge < -0.3 is 5.11 Å². The van der Waals surface area contributed by atoms with Crippen molar-refractivity contribution < 1.29 is 13.5 Å².